The fourth-order valence-corrected chi connectivity index (χ4v) is 4.50. The predicted octanol–water partition coefficient (Wildman–Crippen LogP) is 5.58. The van der Waals surface area contributed by atoms with E-state index in [1.165, 1.54) is 80.9 Å². The summed E-state index contributed by atoms with van der Waals surface area (Å²) in [7, 11) is 1.84. The Morgan fingerprint density at radius 1 is 0.810 bits per heavy atom. The summed E-state index contributed by atoms with van der Waals surface area (Å²) in [5, 5.41) is 0. The topological polar surface area (TPSA) is 9.23 Å². The summed E-state index contributed by atoms with van der Waals surface area (Å²) in [6.45, 7) is 4.50. The summed E-state index contributed by atoms with van der Waals surface area (Å²) in [6, 6.07) is 0. The first kappa shape index (κ1) is 15.1. The van der Waals surface area contributed by atoms with Crippen LogP contribution in [0.25, 0.3) is 0 Å². The van der Waals surface area contributed by atoms with Crippen molar-refractivity contribution in [3.05, 3.63) is 35.5 Å². The summed E-state index contributed by atoms with van der Waals surface area (Å²) >= 11 is 0. The molecular formula is C20H30O. The molecule has 0 aromatic carbocycles. The SMILES string of the molecule is C=C1C(C2CCCCC2)=CC(OC)C=C1C1CCCCC1. The second-order valence-electron chi connectivity index (χ2n) is 7.09. The van der Waals surface area contributed by atoms with Crippen molar-refractivity contribution < 1.29 is 4.74 Å². The molecule has 1 nitrogen and oxygen atoms in total. The van der Waals surface area contributed by atoms with Crippen LogP contribution in [0.2, 0.25) is 0 Å². The summed E-state index contributed by atoms with van der Waals surface area (Å²) in [5.41, 5.74) is 4.39. The Labute approximate surface area is 130 Å². The van der Waals surface area contributed by atoms with E-state index in [4.69, 9.17) is 4.74 Å². The molecule has 21 heavy (non-hydrogen) atoms. The number of methoxy groups -OCH3 is 1. The smallest absolute Gasteiger partial charge is 0.0945 e. The molecule has 1 heteroatoms. The molecule has 0 amide bonds. The third-order valence-electron chi connectivity index (χ3n) is 5.75. The van der Waals surface area contributed by atoms with Gasteiger partial charge in [-0.1, -0.05) is 45.1 Å². The first-order valence-corrected chi connectivity index (χ1v) is 8.95. The van der Waals surface area contributed by atoms with Gasteiger partial charge in [-0.15, -0.1) is 0 Å². The Kier molecular flexibility index (Phi) is 5.00. The average Bonchev–Trinajstić information content (AvgIpc) is 2.57. The zero-order valence-corrected chi connectivity index (χ0v) is 13.6. The second-order valence-corrected chi connectivity index (χ2v) is 7.09. The van der Waals surface area contributed by atoms with Crippen LogP contribution in [0.5, 0.6) is 0 Å². The van der Waals surface area contributed by atoms with Crippen molar-refractivity contribution in [2.45, 2.75) is 70.3 Å². The summed E-state index contributed by atoms with van der Waals surface area (Å²) in [4.78, 5) is 0. The van der Waals surface area contributed by atoms with E-state index >= 15 is 0 Å². The summed E-state index contributed by atoms with van der Waals surface area (Å²) in [5.74, 6) is 1.47. The monoisotopic (exact) mass is 286 g/mol. The molecular weight excluding hydrogens is 256 g/mol. The van der Waals surface area contributed by atoms with E-state index in [0.29, 0.717) is 0 Å². The van der Waals surface area contributed by atoms with Gasteiger partial charge in [0.05, 0.1) is 6.10 Å². The normalized spacial score (nSPS) is 26.6. The molecule has 0 saturated heterocycles. The summed E-state index contributed by atoms with van der Waals surface area (Å²) < 4.78 is 5.69. The quantitative estimate of drug-likeness (QED) is 0.657. The lowest BCUT2D eigenvalue weighted by molar-refractivity contribution is 0.173. The lowest BCUT2D eigenvalue weighted by Crippen LogP contribution is -2.22. The third kappa shape index (κ3) is 3.34. The molecule has 0 aliphatic heterocycles. The number of hydrogen-bond acceptors (Lipinski definition) is 1. The molecule has 0 heterocycles. The molecule has 0 aromatic rings. The van der Waals surface area contributed by atoms with Crippen LogP contribution < -0.4 is 0 Å². The van der Waals surface area contributed by atoms with Crippen molar-refractivity contribution in [1.29, 1.82) is 0 Å². The fraction of sp³-hybridized carbons (Fsp3) is 0.700. The minimum atomic E-state index is 0.171. The molecule has 0 unspecified atom stereocenters. The van der Waals surface area contributed by atoms with Crippen LogP contribution >= 0.6 is 0 Å². The highest BCUT2D eigenvalue weighted by molar-refractivity contribution is 5.52. The van der Waals surface area contributed by atoms with Gasteiger partial charge in [-0.05, 0) is 66.4 Å². The Balaban J connectivity index is 1.80. The molecule has 0 N–H and O–H groups in total. The van der Waals surface area contributed by atoms with E-state index in [1.807, 2.05) is 7.11 Å². The van der Waals surface area contributed by atoms with Crippen LogP contribution in [-0.2, 0) is 4.74 Å². The Hall–Kier alpha value is -0.820. The molecule has 116 valence electrons. The zero-order valence-electron chi connectivity index (χ0n) is 13.6. The van der Waals surface area contributed by atoms with Crippen molar-refractivity contribution in [3.63, 3.8) is 0 Å². The standard InChI is InChI=1S/C20H30O/c1-15-19(16-9-5-3-6-10-16)13-18(21-2)14-20(15)17-11-7-4-8-12-17/h13-14,16-18H,1,3-12H2,2H3. The number of hydrogen-bond donors (Lipinski definition) is 0. The lowest BCUT2D eigenvalue weighted by atomic mass is 9.72. The molecule has 3 rings (SSSR count). The number of allylic oxidation sites excluding steroid dienone is 3. The predicted molar refractivity (Wildman–Crippen MR) is 89.3 cm³/mol. The number of rotatable bonds is 3. The van der Waals surface area contributed by atoms with Crippen LogP contribution in [0.15, 0.2) is 35.5 Å². The highest BCUT2D eigenvalue weighted by Crippen LogP contribution is 2.43. The van der Waals surface area contributed by atoms with Crippen LogP contribution in [-0.4, -0.2) is 13.2 Å². The molecule has 3 aliphatic carbocycles. The Bertz CT molecular complexity index is 393. The van der Waals surface area contributed by atoms with Gasteiger partial charge in [-0.3, -0.25) is 0 Å². The van der Waals surface area contributed by atoms with Gasteiger partial charge in [0, 0.05) is 7.11 Å². The van der Waals surface area contributed by atoms with E-state index in [0.717, 1.165) is 11.8 Å². The molecule has 2 fully saturated rings. The van der Waals surface area contributed by atoms with Gasteiger partial charge in [-0.25, -0.2) is 0 Å². The van der Waals surface area contributed by atoms with E-state index in [-0.39, 0.29) is 6.10 Å². The second kappa shape index (κ2) is 6.96. The average molecular weight is 286 g/mol. The van der Waals surface area contributed by atoms with Gasteiger partial charge in [0.2, 0.25) is 0 Å². The molecule has 0 atom stereocenters. The first-order valence-electron chi connectivity index (χ1n) is 8.95. The van der Waals surface area contributed by atoms with Crippen molar-refractivity contribution in [2.75, 3.05) is 7.11 Å². The lowest BCUT2D eigenvalue weighted by Gasteiger charge is -2.34. The third-order valence-corrected chi connectivity index (χ3v) is 5.75. The van der Waals surface area contributed by atoms with Gasteiger partial charge in [0.15, 0.2) is 0 Å². The van der Waals surface area contributed by atoms with Crippen LogP contribution in [0.4, 0.5) is 0 Å². The Morgan fingerprint density at radius 2 is 1.24 bits per heavy atom. The van der Waals surface area contributed by atoms with Crippen molar-refractivity contribution in [1.82, 2.24) is 0 Å². The maximum Gasteiger partial charge on any atom is 0.0945 e. The molecule has 2 saturated carbocycles. The summed E-state index contributed by atoms with van der Waals surface area (Å²) in [6.07, 6.45) is 18.6. The maximum atomic E-state index is 5.69. The largest absolute Gasteiger partial charge is 0.373 e. The van der Waals surface area contributed by atoms with E-state index < -0.39 is 0 Å². The molecule has 0 bridgehead atoms. The van der Waals surface area contributed by atoms with Gasteiger partial charge in [-0.2, -0.15) is 0 Å². The molecule has 0 aromatic heterocycles. The van der Waals surface area contributed by atoms with E-state index in [2.05, 4.69) is 18.7 Å². The van der Waals surface area contributed by atoms with Gasteiger partial charge >= 0.3 is 0 Å². The van der Waals surface area contributed by atoms with Crippen LogP contribution in [0.1, 0.15) is 64.2 Å². The van der Waals surface area contributed by atoms with E-state index in [9.17, 15) is 0 Å². The molecule has 0 radical (unpaired) electrons. The fourth-order valence-electron chi connectivity index (χ4n) is 4.50. The van der Waals surface area contributed by atoms with Crippen LogP contribution in [0, 0.1) is 11.8 Å². The van der Waals surface area contributed by atoms with Gasteiger partial charge in [0.1, 0.15) is 0 Å². The van der Waals surface area contributed by atoms with Crippen molar-refractivity contribution >= 4 is 0 Å². The minimum Gasteiger partial charge on any atom is -0.373 e. The van der Waals surface area contributed by atoms with Crippen molar-refractivity contribution in [2.24, 2.45) is 11.8 Å². The minimum absolute atomic E-state index is 0.171. The van der Waals surface area contributed by atoms with Crippen molar-refractivity contribution in [3.8, 4) is 0 Å². The van der Waals surface area contributed by atoms with Gasteiger partial charge in [0.25, 0.3) is 0 Å². The highest BCUT2D eigenvalue weighted by atomic mass is 16.5. The first-order chi connectivity index (χ1) is 10.3. The van der Waals surface area contributed by atoms with E-state index in [1.54, 1.807) is 0 Å². The number of ether oxygens (including phenoxy) is 1. The highest BCUT2D eigenvalue weighted by Gasteiger charge is 2.29. The van der Waals surface area contributed by atoms with Gasteiger partial charge < -0.3 is 4.74 Å². The Morgan fingerprint density at radius 3 is 1.62 bits per heavy atom. The maximum absolute atomic E-state index is 5.69. The van der Waals surface area contributed by atoms with Crippen LogP contribution in [0.3, 0.4) is 0 Å². The molecule has 3 aliphatic rings. The zero-order chi connectivity index (χ0) is 14.7. The molecule has 0 spiro atoms.